The van der Waals surface area contributed by atoms with E-state index < -0.39 is 10.5 Å². The number of non-ortho nitro benzene ring substituents is 1. The van der Waals surface area contributed by atoms with Gasteiger partial charge in [0.2, 0.25) is 0 Å². The van der Waals surface area contributed by atoms with E-state index in [0.717, 1.165) is 0 Å². The highest BCUT2D eigenvalue weighted by Crippen LogP contribution is 2.18. The summed E-state index contributed by atoms with van der Waals surface area (Å²) in [5.41, 5.74) is 5.93. The molecule has 1 amide bonds. The van der Waals surface area contributed by atoms with E-state index in [1.54, 1.807) is 24.4 Å². The van der Waals surface area contributed by atoms with E-state index in [1.807, 2.05) is 20.8 Å². The van der Waals surface area contributed by atoms with Crippen LogP contribution in [0.15, 0.2) is 36.5 Å². The molecule has 2 aromatic rings. The van der Waals surface area contributed by atoms with Crippen molar-refractivity contribution in [3.05, 3.63) is 52.3 Å². The highest BCUT2D eigenvalue weighted by Gasteiger charge is 2.29. The third kappa shape index (κ3) is 3.60. The molecule has 0 aliphatic rings. The van der Waals surface area contributed by atoms with Crippen LogP contribution in [-0.4, -0.2) is 32.7 Å². The quantitative estimate of drug-likeness (QED) is 0.619. The summed E-state index contributed by atoms with van der Waals surface area (Å²) in [5, 5.41) is 18.0. The maximum absolute atomic E-state index is 12.4. The van der Waals surface area contributed by atoms with Crippen LogP contribution in [0.3, 0.4) is 0 Å². The molecule has 1 aromatic heterocycles. The summed E-state index contributed by atoms with van der Waals surface area (Å²) < 4.78 is 1.43. The number of nitrogens with one attached hydrogen (secondary N) is 1. The van der Waals surface area contributed by atoms with Crippen LogP contribution in [0.5, 0.6) is 0 Å². The molecule has 0 radical (unpaired) electrons. The van der Waals surface area contributed by atoms with Crippen LogP contribution in [-0.2, 0) is 0 Å². The fourth-order valence-corrected chi connectivity index (χ4v) is 2.09. The molecule has 0 saturated heterocycles. The van der Waals surface area contributed by atoms with Crippen molar-refractivity contribution in [1.82, 2.24) is 15.1 Å². The number of rotatable bonds is 6. The van der Waals surface area contributed by atoms with Crippen molar-refractivity contribution in [2.75, 3.05) is 6.54 Å². The van der Waals surface area contributed by atoms with E-state index in [-0.39, 0.29) is 23.2 Å². The van der Waals surface area contributed by atoms with Crippen molar-refractivity contribution in [2.45, 2.75) is 26.3 Å². The van der Waals surface area contributed by atoms with Gasteiger partial charge in [-0.15, -0.1) is 0 Å². The number of nitrogens with zero attached hydrogens (tertiary/aromatic N) is 3. The molecule has 0 aliphatic heterocycles. The summed E-state index contributed by atoms with van der Waals surface area (Å²) in [6.45, 7) is 6.15. The third-order valence-corrected chi connectivity index (χ3v) is 4.22. The average Bonchev–Trinajstić information content (AvgIpc) is 3.04. The molecule has 1 heterocycles. The highest BCUT2D eigenvalue weighted by molar-refractivity contribution is 5.92. The van der Waals surface area contributed by atoms with Crippen LogP contribution in [0.25, 0.3) is 5.69 Å². The topological polar surface area (TPSA) is 116 Å². The maximum Gasteiger partial charge on any atom is 0.272 e. The van der Waals surface area contributed by atoms with Gasteiger partial charge in [0.1, 0.15) is 0 Å². The lowest BCUT2D eigenvalue weighted by Crippen LogP contribution is -2.55. The predicted octanol–water partition coefficient (Wildman–Crippen LogP) is 1.88. The van der Waals surface area contributed by atoms with Gasteiger partial charge in [-0.05, 0) is 25.0 Å². The van der Waals surface area contributed by atoms with Gasteiger partial charge in [-0.3, -0.25) is 14.9 Å². The summed E-state index contributed by atoms with van der Waals surface area (Å²) >= 11 is 0. The Bertz CT molecular complexity index is 756. The van der Waals surface area contributed by atoms with Gasteiger partial charge in [-0.1, -0.05) is 19.9 Å². The Labute approximate surface area is 139 Å². The molecule has 0 saturated carbocycles. The maximum atomic E-state index is 12.4. The van der Waals surface area contributed by atoms with Crippen LogP contribution < -0.4 is 11.1 Å². The molecule has 0 aliphatic carbocycles. The second kappa shape index (κ2) is 6.79. The number of carbonyl (C=O) groups excluding carboxylic acids is 1. The lowest BCUT2D eigenvalue weighted by Gasteiger charge is -2.33. The summed E-state index contributed by atoms with van der Waals surface area (Å²) in [6.07, 6.45) is 1.59. The van der Waals surface area contributed by atoms with Crippen molar-refractivity contribution in [2.24, 2.45) is 11.7 Å². The molecule has 0 bridgehead atoms. The summed E-state index contributed by atoms with van der Waals surface area (Å²) in [4.78, 5) is 22.8. The SMILES string of the molecule is CC(C)C(C)(CN)NC(=O)c1ccn(-c2cccc([N+](=O)[O-])c2)n1. The Morgan fingerprint density at radius 2 is 2.17 bits per heavy atom. The zero-order valence-corrected chi connectivity index (χ0v) is 13.9. The van der Waals surface area contributed by atoms with Gasteiger partial charge in [0.15, 0.2) is 5.69 Å². The Kier molecular flexibility index (Phi) is 4.99. The second-order valence-corrected chi connectivity index (χ2v) is 6.15. The fourth-order valence-electron chi connectivity index (χ4n) is 2.09. The molecule has 1 aromatic carbocycles. The van der Waals surface area contributed by atoms with Gasteiger partial charge in [0, 0.05) is 24.9 Å². The first-order valence-electron chi connectivity index (χ1n) is 7.60. The average molecular weight is 331 g/mol. The molecule has 8 nitrogen and oxygen atoms in total. The first kappa shape index (κ1) is 17.6. The number of nitrogens with two attached hydrogens (primary N) is 1. The second-order valence-electron chi connectivity index (χ2n) is 6.15. The number of carbonyl (C=O) groups is 1. The lowest BCUT2D eigenvalue weighted by atomic mass is 9.88. The standard InChI is InChI=1S/C16H21N5O3/c1-11(2)16(3,10-17)18-15(22)14-7-8-20(19-14)12-5-4-6-13(9-12)21(23)24/h4-9,11H,10,17H2,1-3H3,(H,18,22). The fraction of sp³-hybridized carbons (Fsp3) is 0.375. The Balaban J connectivity index is 2.23. The van der Waals surface area contributed by atoms with Gasteiger partial charge in [-0.25, -0.2) is 4.68 Å². The summed E-state index contributed by atoms with van der Waals surface area (Å²) in [7, 11) is 0. The zero-order chi connectivity index (χ0) is 17.9. The third-order valence-electron chi connectivity index (χ3n) is 4.22. The van der Waals surface area contributed by atoms with Gasteiger partial charge >= 0.3 is 0 Å². The molecule has 2 rings (SSSR count). The number of hydrogen-bond acceptors (Lipinski definition) is 5. The molecule has 0 spiro atoms. The summed E-state index contributed by atoms with van der Waals surface area (Å²) in [5.74, 6) is -0.175. The number of nitro groups is 1. The van der Waals surface area contributed by atoms with E-state index in [9.17, 15) is 14.9 Å². The van der Waals surface area contributed by atoms with E-state index in [0.29, 0.717) is 12.2 Å². The normalized spacial score (nSPS) is 13.5. The molecule has 3 N–H and O–H groups in total. The van der Waals surface area contributed by atoms with Crippen LogP contribution in [0.2, 0.25) is 0 Å². The zero-order valence-electron chi connectivity index (χ0n) is 13.9. The van der Waals surface area contributed by atoms with Gasteiger partial charge in [-0.2, -0.15) is 5.10 Å². The largest absolute Gasteiger partial charge is 0.344 e. The van der Waals surface area contributed by atoms with Crippen LogP contribution in [0.4, 0.5) is 5.69 Å². The minimum absolute atomic E-state index is 0.0375. The van der Waals surface area contributed by atoms with Crippen molar-refractivity contribution in [3.8, 4) is 5.69 Å². The molecule has 1 unspecified atom stereocenters. The molecule has 24 heavy (non-hydrogen) atoms. The van der Waals surface area contributed by atoms with Crippen molar-refractivity contribution in [1.29, 1.82) is 0 Å². The first-order valence-corrected chi connectivity index (χ1v) is 7.60. The van der Waals surface area contributed by atoms with Crippen LogP contribution in [0.1, 0.15) is 31.3 Å². The van der Waals surface area contributed by atoms with Gasteiger partial charge < -0.3 is 11.1 Å². The lowest BCUT2D eigenvalue weighted by molar-refractivity contribution is -0.384. The number of hydrogen-bond donors (Lipinski definition) is 2. The van der Waals surface area contributed by atoms with Gasteiger partial charge in [0.05, 0.1) is 16.1 Å². The van der Waals surface area contributed by atoms with Gasteiger partial charge in [0.25, 0.3) is 11.6 Å². The number of nitro benzene ring substituents is 1. The number of benzene rings is 1. The predicted molar refractivity (Wildman–Crippen MR) is 90.0 cm³/mol. The van der Waals surface area contributed by atoms with E-state index in [4.69, 9.17) is 5.73 Å². The summed E-state index contributed by atoms with van der Waals surface area (Å²) in [6, 6.07) is 7.60. The van der Waals surface area contributed by atoms with Crippen LogP contribution >= 0.6 is 0 Å². The van der Waals surface area contributed by atoms with Crippen LogP contribution in [0, 0.1) is 16.0 Å². The molecule has 1 atom stereocenters. The van der Waals surface area contributed by atoms with Crippen molar-refractivity contribution >= 4 is 11.6 Å². The molecule has 0 fully saturated rings. The first-order chi connectivity index (χ1) is 11.3. The van der Waals surface area contributed by atoms with E-state index in [2.05, 4.69) is 10.4 Å². The van der Waals surface area contributed by atoms with Crippen molar-refractivity contribution < 1.29 is 9.72 Å². The molecular weight excluding hydrogens is 310 g/mol. The minimum Gasteiger partial charge on any atom is -0.344 e. The van der Waals surface area contributed by atoms with E-state index in [1.165, 1.54) is 16.8 Å². The minimum atomic E-state index is -0.535. The molecule has 8 heteroatoms. The number of amides is 1. The Morgan fingerprint density at radius 1 is 1.46 bits per heavy atom. The molecular formula is C16H21N5O3. The molecule has 128 valence electrons. The van der Waals surface area contributed by atoms with Crippen molar-refractivity contribution in [3.63, 3.8) is 0 Å². The monoisotopic (exact) mass is 331 g/mol. The highest BCUT2D eigenvalue weighted by atomic mass is 16.6. The number of aromatic nitrogens is 2. The van der Waals surface area contributed by atoms with E-state index >= 15 is 0 Å². The Morgan fingerprint density at radius 3 is 2.75 bits per heavy atom. The smallest absolute Gasteiger partial charge is 0.272 e. The Hall–Kier alpha value is -2.74.